The lowest BCUT2D eigenvalue weighted by molar-refractivity contribution is -0.141. The summed E-state index contributed by atoms with van der Waals surface area (Å²) in [6, 6.07) is 1.58. The van der Waals surface area contributed by atoms with E-state index in [1.54, 1.807) is 19.3 Å². The smallest absolute Gasteiger partial charge is 0.383 e. The highest BCUT2D eigenvalue weighted by Gasteiger charge is 2.40. The van der Waals surface area contributed by atoms with Crippen LogP contribution in [0.5, 0.6) is 0 Å². The standard InChI is InChI=1S/C15H18F3N5/c1-22-9-8-11(20-22)23-14(19)12(13(21-23)15(16,17)18)10-6-4-2-3-5-7-10/h6,8-9H,2-5,7,19H2,1H3. The number of hydrogen-bond donors (Lipinski definition) is 1. The van der Waals surface area contributed by atoms with Crippen LogP contribution < -0.4 is 5.73 Å². The van der Waals surface area contributed by atoms with Gasteiger partial charge in [0.15, 0.2) is 11.5 Å². The molecule has 124 valence electrons. The molecule has 0 spiro atoms. The van der Waals surface area contributed by atoms with Crippen LogP contribution in [0.25, 0.3) is 11.4 Å². The Morgan fingerprint density at radius 2 is 1.96 bits per heavy atom. The Kier molecular flexibility index (Phi) is 3.91. The van der Waals surface area contributed by atoms with E-state index in [-0.39, 0.29) is 17.2 Å². The highest BCUT2D eigenvalue weighted by atomic mass is 19.4. The van der Waals surface area contributed by atoms with E-state index in [1.165, 1.54) is 4.68 Å². The molecule has 0 atom stereocenters. The third-order valence-corrected chi connectivity index (χ3v) is 3.97. The fourth-order valence-electron chi connectivity index (χ4n) is 2.88. The number of halogens is 3. The highest BCUT2D eigenvalue weighted by Crippen LogP contribution is 2.40. The largest absolute Gasteiger partial charge is 0.435 e. The van der Waals surface area contributed by atoms with Crippen LogP contribution in [-0.2, 0) is 13.2 Å². The summed E-state index contributed by atoms with van der Waals surface area (Å²) in [6.45, 7) is 0. The number of hydrogen-bond acceptors (Lipinski definition) is 3. The summed E-state index contributed by atoms with van der Waals surface area (Å²) in [4.78, 5) is 0. The monoisotopic (exact) mass is 325 g/mol. The molecule has 0 bridgehead atoms. The van der Waals surface area contributed by atoms with Crippen LogP contribution in [-0.4, -0.2) is 19.6 Å². The molecule has 8 heteroatoms. The van der Waals surface area contributed by atoms with Crippen LogP contribution >= 0.6 is 0 Å². The summed E-state index contributed by atoms with van der Waals surface area (Å²) in [5, 5.41) is 7.81. The van der Waals surface area contributed by atoms with Gasteiger partial charge in [0.2, 0.25) is 0 Å². The fraction of sp³-hybridized carbons (Fsp3) is 0.467. The quantitative estimate of drug-likeness (QED) is 0.918. The molecular formula is C15H18F3N5. The topological polar surface area (TPSA) is 61.7 Å². The Morgan fingerprint density at radius 3 is 2.61 bits per heavy atom. The minimum atomic E-state index is -4.56. The maximum Gasteiger partial charge on any atom is 0.435 e. The Morgan fingerprint density at radius 1 is 1.17 bits per heavy atom. The minimum absolute atomic E-state index is 0.00468. The maximum atomic E-state index is 13.4. The number of anilines is 1. The van der Waals surface area contributed by atoms with Gasteiger partial charge in [0.05, 0.1) is 5.56 Å². The number of nitrogens with zero attached hydrogens (tertiary/aromatic N) is 4. The van der Waals surface area contributed by atoms with Crippen molar-refractivity contribution in [3.8, 4) is 5.82 Å². The van der Waals surface area contributed by atoms with Crippen molar-refractivity contribution in [3.05, 3.63) is 29.6 Å². The average Bonchev–Trinajstić information content (AvgIpc) is 2.93. The number of nitrogens with two attached hydrogens (primary N) is 1. The van der Waals surface area contributed by atoms with E-state index in [2.05, 4.69) is 10.2 Å². The molecule has 2 aromatic heterocycles. The van der Waals surface area contributed by atoms with Gasteiger partial charge >= 0.3 is 6.18 Å². The van der Waals surface area contributed by atoms with Gasteiger partial charge in [0.25, 0.3) is 0 Å². The summed E-state index contributed by atoms with van der Waals surface area (Å²) in [6.07, 6.45) is 3.14. The van der Waals surface area contributed by atoms with Gasteiger partial charge in [-0.15, -0.1) is 0 Å². The van der Waals surface area contributed by atoms with Crippen LogP contribution in [0.1, 0.15) is 43.4 Å². The summed E-state index contributed by atoms with van der Waals surface area (Å²) in [5.41, 5.74) is 5.74. The Labute approximate surface area is 131 Å². The first-order valence-corrected chi connectivity index (χ1v) is 7.53. The predicted molar refractivity (Wildman–Crippen MR) is 80.8 cm³/mol. The maximum absolute atomic E-state index is 13.4. The van der Waals surface area contributed by atoms with Gasteiger partial charge in [0.1, 0.15) is 5.82 Å². The number of alkyl halides is 3. The number of allylic oxidation sites excluding steroid dienone is 2. The second-order valence-corrected chi connectivity index (χ2v) is 5.69. The molecule has 1 aliphatic rings. The van der Waals surface area contributed by atoms with Gasteiger partial charge in [-0.25, -0.2) is 0 Å². The lowest BCUT2D eigenvalue weighted by Gasteiger charge is -2.09. The Balaban J connectivity index is 2.16. The minimum Gasteiger partial charge on any atom is -0.383 e. The molecule has 1 aliphatic carbocycles. The molecule has 0 saturated carbocycles. The van der Waals surface area contributed by atoms with Gasteiger partial charge < -0.3 is 5.73 Å². The second kappa shape index (κ2) is 5.75. The third-order valence-electron chi connectivity index (χ3n) is 3.97. The molecule has 23 heavy (non-hydrogen) atoms. The lowest BCUT2D eigenvalue weighted by Crippen LogP contribution is -2.10. The van der Waals surface area contributed by atoms with E-state index in [9.17, 15) is 13.2 Å². The first-order valence-electron chi connectivity index (χ1n) is 7.53. The molecule has 0 unspecified atom stereocenters. The molecule has 0 aliphatic heterocycles. The van der Waals surface area contributed by atoms with Crippen LogP contribution in [0.3, 0.4) is 0 Å². The molecule has 3 rings (SSSR count). The van der Waals surface area contributed by atoms with Crippen molar-refractivity contribution >= 4 is 11.4 Å². The van der Waals surface area contributed by atoms with E-state index in [4.69, 9.17) is 5.73 Å². The zero-order valence-corrected chi connectivity index (χ0v) is 12.8. The normalized spacial score (nSPS) is 16.3. The number of rotatable bonds is 2. The van der Waals surface area contributed by atoms with Crippen molar-refractivity contribution in [3.63, 3.8) is 0 Å². The van der Waals surface area contributed by atoms with Gasteiger partial charge in [-0.05, 0) is 31.3 Å². The fourth-order valence-corrected chi connectivity index (χ4v) is 2.88. The van der Waals surface area contributed by atoms with E-state index in [0.717, 1.165) is 30.4 Å². The zero-order chi connectivity index (χ0) is 16.6. The first kappa shape index (κ1) is 15.6. The summed E-state index contributed by atoms with van der Waals surface area (Å²) < 4.78 is 42.9. The van der Waals surface area contributed by atoms with Crippen LogP contribution in [0.4, 0.5) is 19.0 Å². The third kappa shape index (κ3) is 2.97. The molecule has 0 amide bonds. The van der Waals surface area contributed by atoms with E-state index in [0.29, 0.717) is 12.0 Å². The van der Waals surface area contributed by atoms with Crippen molar-refractivity contribution < 1.29 is 13.2 Å². The van der Waals surface area contributed by atoms with Crippen molar-refractivity contribution in [1.29, 1.82) is 0 Å². The second-order valence-electron chi connectivity index (χ2n) is 5.69. The van der Waals surface area contributed by atoms with Crippen LogP contribution in [0.2, 0.25) is 0 Å². The molecule has 0 saturated heterocycles. The van der Waals surface area contributed by atoms with Crippen molar-refractivity contribution in [2.24, 2.45) is 7.05 Å². The Hall–Kier alpha value is -2.25. The number of aromatic nitrogens is 4. The Bertz CT molecular complexity index is 739. The van der Waals surface area contributed by atoms with Crippen molar-refractivity contribution in [2.45, 2.75) is 38.3 Å². The summed E-state index contributed by atoms with van der Waals surface area (Å²) >= 11 is 0. The van der Waals surface area contributed by atoms with E-state index >= 15 is 0 Å². The van der Waals surface area contributed by atoms with Gasteiger partial charge in [0, 0.05) is 19.3 Å². The van der Waals surface area contributed by atoms with Gasteiger partial charge in [-0.3, -0.25) is 4.68 Å². The molecule has 2 aromatic rings. The average molecular weight is 325 g/mol. The van der Waals surface area contributed by atoms with Crippen molar-refractivity contribution in [1.82, 2.24) is 19.6 Å². The summed E-state index contributed by atoms with van der Waals surface area (Å²) in [5.74, 6) is 0.264. The van der Waals surface area contributed by atoms with Crippen LogP contribution in [0.15, 0.2) is 18.3 Å². The molecule has 2 N–H and O–H groups in total. The highest BCUT2D eigenvalue weighted by molar-refractivity contribution is 5.76. The van der Waals surface area contributed by atoms with E-state index in [1.807, 2.05) is 6.08 Å². The first-order chi connectivity index (χ1) is 10.9. The number of aryl methyl sites for hydroxylation is 1. The van der Waals surface area contributed by atoms with E-state index < -0.39 is 11.9 Å². The van der Waals surface area contributed by atoms with Gasteiger partial charge in [-0.1, -0.05) is 12.5 Å². The molecule has 5 nitrogen and oxygen atoms in total. The van der Waals surface area contributed by atoms with Crippen LogP contribution in [0, 0.1) is 0 Å². The molecule has 0 radical (unpaired) electrons. The lowest BCUT2D eigenvalue weighted by atomic mass is 10.0. The SMILES string of the molecule is Cn1ccc(-n2nc(C(F)(F)F)c(C3=CCCCCC3)c2N)n1. The zero-order valence-electron chi connectivity index (χ0n) is 12.8. The predicted octanol–water partition coefficient (Wildman–Crippen LogP) is 3.55. The number of nitrogen functional groups attached to an aromatic ring is 1. The van der Waals surface area contributed by atoms with Gasteiger partial charge in [-0.2, -0.15) is 28.1 Å². The molecular weight excluding hydrogens is 307 g/mol. The molecule has 0 fully saturated rings. The van der Waals surface area contributed by atoms with Crippen molar-refractivity contribution in [2.75, 3.05) is 5.73 Å². The molecule has 2 heterocycles. The molecule has 0 aromatic carbocycles. The summed E-state index contributed by atoms with van der Waals surface area (Å²) in [7, 11) is 1.68.